The molecule has 4 heteroatoms. The van der Waals surface area contributed by atoms with E-state index in [4.69, 9.17) is 4.74 Å². The third-order valence-corrected chi connectivity index (χ3v) is 3.83. The lowest BCUT2D eigenvalue weighted by Crippen LogP contribution is -2.41. The zero-order valence-corrected chi connectivity index (χ0v) is 12.3. The second-order valence-electron chi connectivity index (χ2n) is 4.84. The van der Waals surface area contributed by atoms with Crippen LogP contribution in [0.15, 0.2) is 28.7 Å². The molecule has 0 saturated carbocycles. The van der Waals surface area contributed by atoms with Crippen LogP contribution in [0.1, 0.15) is 25.0 Å². The molecule has 0 spiro atoms. The van der Waals surface area contributed by atoms with Crippen LogP contribution < -0.4 is 0 Å². The quantitative estimate of drug-likeness (QED) is 0.927. The molecule has 0 aliphatic carbocycles. The number of rotatable bonds is 4. The van der Waals surface area contributed by atoms with Crippen molar-refractivity contribution >= 4 is 15.9 Å². The summed E-state index contributed by atoms with van der Waals surface area (Å²) in [5.41, 5.74) is 0.986. The largest absolute Gasteiger partial charge is 0.388 e. The smallest absolute Gasteiger partial charge is 0.0802 e. The van der Waals surface area contributed by atoms with Gasteiger partial charge in [-0.1, -0.05) is 28.1 Å². The van der Waals surface area contributed by atoms with Crippen LogP contribution in [0, 0.1) is 0 Å². The van der Waals surface area contributed by atoms with Gasteiger partial charge in [-0.25, -0.2) is 0 Å². The van der Waals surface area contributed by atoms with Crippen molar-refractivity contribution < 1.29 is 9.84 Å². The van der Waals surface area contributed by atoms with Gasteiger partial charge in [-0.3, -0.25) is 4.90 Å². The first-order valence-electron chi connectivity index (χ1n) is 6.42. The van der Waals surface area contributed by atoms with E-state index in [0.717, 1.165) is 42.7 Å². The Hall–Kier alpha value is -0.420. The zero-order chi connectivity index (χ0) is 13.0. The van der Waals surface area contributed by atoms with Crippen LogP contribution in [0.3, 0.4) is 0 Å². The molecule has 1 aromatic carbocycles. The molecule has 0 amide bonds. The lowest BCUT2D eigenvalue weighted by atomic mass is 10.1. The van der Waals surface area contributed by atoms with E-state index in [9.17, 15) is 5.11 Å². The van der Waals surface area contributed by atoms with Gasteiger partial charge in [0, 0.05) is 24.1 Å². The van der Waals surface area contributed by atoms with Crippen molar-refractivity contribution in [3.8, 4) is 0 Å². The van der Waals surface area contributed by atoms with Crippen molar-refractivity contribution in [2.24, 2.45) is 0 Å². The summed E-state index contributed by atoms with van der Waals surface area (Å²) in [6, 6.07) is 7.87. The van der Waals surface area contributed by atoms with E-state index in [0.29, 0.717) is 6.10 Å². The number of nitrogens with zero attached hydrogens (tertiary/aromatic N) is 1. The minimum Gasteiger partial charge on any atom is -0.388 e. The van der Waals surface area contributed by atoms with Gasteiger partial charge in [0.2, 0.25) is 0 Å². The standard InChI is InChI=1S/C14H20BrNO2/c1-11-10-16(8-9-18-11)7-6-14(17)12-2-4-13(15)5-3-12/h2-5,11,14,17H,6-10H2,1H3. The molecule has 3 nitrogen and oxygen atoms in total. The maximum absolute atomic E-state index is 10.1. The van der Waals surface area contributed by atoms with Crippen molar-refractivity contribution in [3.05, 3.63) is 34.3 Å². The molecule has 2 unspecified atom stereocenters. The highest BCUT2D eigenvalue weighted by Gasteiger charge is 2.17. The Bertz CT molecular complexity index is 369. The Morgan fingerprint density at radius 3 is 2.83 bits per heavy atom. The SMILES string of the molecule is CC1CN(CCC(O)c2ccc(Br)cc2)CCO1. The summed E-state index contributed by atoms with van der Waals surface area (Å²) in [5, 5.41) is 10.1. The molecule has 1 N–H and O–H groups in total. The highest BCUT2D eigenvalue weighted by atomic mass is 79.9. The van der Waals surface area contributed by atoms with Crippen LogP contribution in [0.5, 0.6) is 0 Å². The predicted octanol–water partition coefficient (Wildman–Crippen LogP) is 2.59. The molecule has 1 aliphatic heterocycles. The van der Waals surface area contributed by atoms with E-state index >= 15 is 0 Å². The van der Waals surface area contributed by atoms with Gasteiger partial charge >= 0.3 is 0 Å². The van der Waals surface area contributed by atoms with E-state index in [1.807, 2.05) is 24.3 Å². The fourth-order valence-electron chi connectivity index (χ4n) is 2.25. The van der Waals surface area contributed by atoms with Crippen LogP contribution in [0.25, 0.3) is 0 Å². The highest BCUT2D eigenvalue weighted by molar-refractivity contribution is 9.10. The van der Waals surface area contributed by atoms with Gasteiger partial charge in [0.15, 0.2) is 0 Å². The topological polar surface area (TPSA) is 32.7 Å². The van der Waals surface area contributed by atoms with Crippen molar-refractivity contribution in [1.82, 2.24) is 4.90 Å². The number of aliphatic hydroxyl groups is 1. The average molecular weight is 314 g/mol. The molecule has 100 valence electrons. The van der Waals surface area contributed by atoms with Crippen molar-refractivity contribution in [1.29, 1.82) is 0 Å². The molecule has 2 atom stereocenters. The van der Waals surface area contributed by atoms with Gasteiger partial charge in [0.1, 0.15) is 0 Å². The van der Waals surface area contributed by atoms with E-state index in [1.54, 1.807) is 0 Å². The van der Waals surface area contributed by atoms with E-state index in [1.165, 1.54) is 0 Å². The van der Waals surface area contributed by atoms with Crippen molar-refractivity contribution in [2.75, 3.05) is 26.2 Å². The normalized spacial score (nSPS) is 22.9. The van der Waals surface area contributed by atoms with Crippen LogP contribution in [0.4, 0.5) is 0 Å². The lowest BCUT2D eigenvalue weighted by molar-refractivity contribution is -0.0221. The number of halogens is 1. The number of hydrogen-bond donors (Lipinski definition) is 1. The molecule has 2 rings (SSSR count). The summed E-state index contributed by atoms with van der Waals surface area (Å²) < 4.78 is 6.55. The summed E-state index contributed by atoms with van der Waals surface area (Å²) in [6.45, 7) is 5.75. The van der Waals surface area contributed by atoms with Gasteiger partial charge < -0.3 is 9.84 Å². The van der Waals surface area contributed by atoms with E-state index in [2.05, 4.69) is 27.8 Å². The van der Waals surface area contributed by atoms with Gasteiger partial charge in [0.25, 0.3) is 0 Å². The van der Waals surface area contributed by atoms with Gasteiger partial charge in [-0.15, -0.1) is 0 Å². The first-order valence-corrected chi connectivity index (χ1v) is 7.22. The zero-order valence-electron chi connectivity index (χ0n) is 10.7. The first-order chi connectivity index (χ1) is 8.65. The van der Waals surface area contributed by atoms with Gasteiger partial charge in [-0.2, -0.15) is 0 Å². The number of aliphatic hydroxyl groups excluding tert-OH is 1. The average Bonchev–Trinajstić information content (AvgIpc) is 2.37. The van der Waals surface area contributed by atoms with Crippen LogP contribution >= 0.6 is 15.9 Å². The summed E-state index contributed by atoms with van der Waals surface area (Å²) in [6.07, 6.45) is 0.703. The maximum Gasteiger partial charge on any atom is 0.0802 e. The Morgan fingerprint density at radius 1 is 1.44 bits per heavy atom. The second kappa shape index (κ2) is 6.66. The minimum absolute atomic E-state index is 0.309. The van der Waals surface area contributed by atoms with E-state index in [-0.39, 0.29) is 6.10 Å². The first kappa shape index (κ1) is 14.0. The summed E-state index contributed by atoms with van der Waals surface area (Å²) in [7, 11) is 0. The van der Waals surface area contributed by atoms with E-state index < -0.39 is 0 Å². The third kappa shape index (κ3) is 4.05. The Labute approximate surface area is 117 Å². The van der Waals surface area contributed by atoms with Gasteiger partial charge in [-0.05, 0) is 31.0 Å². The number of hydrogen-bond acceptors (Lipinski definition) is 3. The lowest BCUT2D eigenvalue weighted by Gasteiger charge is -2.31. The fourth-order valence-corrected chi connectivity index (χ4v) is 2.51. The number of ether oxygens (including phenoxy) is 1. The monoisotopic (exact) mass is 313 g/mol. The fraction of sp³-hybridized carbons (Fsp3) is 0.571. The molecule has 1 aliphatic rings. The summed E-state index contributed by atoms with van der Waals surface area (Å²) in [5.74, 6) is 0. The number of benzene rings is 1. The molecule has 1 aromatic rings. The summed E-state index contributed by atoms with van der Waals surface area (Å²) >= 11 is 3.40. The van der Waals surface area contributed by atoms with Crippen LogP contribution in [-0.2, 0) is 4.74 Å². The predicted molar refractivity (Wildman–Crippen MR) is 75.6 cm³/mol. The summed E-state index contributed by atoms with van der Waals surface area (Å²) in [4.78, 5) is 2.36. The molecular formula is C14H20BrNO2. The molecule has 1 saturated heterocycles. The molecule has 0 aromatic heterocycles. The van der Waals surface area contributed by atoms with Gasteiger partial charge in [0.05, 0.1) is 18.8 Å². The van der Waals surface area contributed by atoms with Crippen LogP contribution in [0.2, 0.25) is 0 Å². The van der Waals surface area contributed by atoms with Crippen LogP contribution in [-0.4, -0.2) is 42.4 Å². The number of morpholine rings is 1. The second-order valence-corrected chi connectivity index (χ2v) is 5.75. The molecule has 18 heavy (non-hydrogen) atoms. The molecule has 0 bridgehead atoms. The van der Waals surface area contributed by atoms with Crippen molar-refractivity contribution in [2.45, 2.75) is 25.6 Å². The third-order valence-electron chi connectivity index (χ3n) is 3.30. The maximum atomic E-state index is 10.1. The Balaban J connectivity index is 1.80. The molecular weight excluding hydrogens is 294 g/mol. The van der Waals surface area contributed by atoms with Crippen molar-refractivity contribution in [3.63, 3.8) is 0 Å². The highest BCUT2D eigenvalue weighted by Crippen LogP contribution is 2.20. The Kier molecular flexibility index (Phi) is 5.18. The molecule has 1 heterocycles. The molecule has 1 fully saturated rings. The Morgan fingerprint density at radius 2 is 2.17 bits per heavy atom. The molecule has 0 radical (unpaired) electrons. The minimum atomic E-state index is -0.378.